The Kier molecular flexibility index (Phi) is 7.87. The van der Waals surface area contributed by atoms with Crippen molar-refractivity contribution in [2.24, 2.45) is 0 Å². The second-order valence-corrected chi connectivity index (χ2v) is 8.89. The first-order valence-corrected chi connectivity index (χ1v) is 11.8. The van der Waals surface area contributed by atoms with Crippen molar-refractivity contribution >= 4 is 22.4 Å². The van der Waals surface area contributed by atoms with Crippen molar-refractivity contribution in [2.75, 3.05) is 38.2 Å². The predicted molar refractivity (Wildman–Crippen MR) is 128 cm³/mol. The van der Waals surface area contributed by atoms with Gasteiger partial charge in [0.25, 0.3) is 0 Å². The molecule has 3 aromatic rings. The Morgan fingerprint density at radius 3 is 2.66 bits per heavy atom. The fraction of sp³-hybridized carbons (Fsp3) is 0.360. The fourth-order valence-electron chi connectivity index (χ4n) is 3.61. The smallest absolute Gasteiger partial charge is 0.226 e. The summed E-state index contributed by atoms with van der Waals surface area (Å²) < 4.78 is 11.3. The van der Waals surface area contributed by atoms with Gasteiger partial charge in [-0.3, -0.25) is 9.69 Å². The summed E-state index contributed by atoms with van der Waals surface area (Å²) in [5.74, 6) is 0.831. The maximum absolute atomic E-state index is 12.5. The lowest BCUT2D eigenvalue weighted by molar-refractivity contribution is -0.116. The molecule has 1 aromatic heterocycles. The van der Waals surface area contributed by atoms with Crippen molar-refractivity contribution < 1.29 is 14.3 Å². The Bertz CT molecular complexity index is 1020. The first-order valence-electron chi connectivity index (χ1n) is 11.0. The van der Waals surface area contributed by atoms with Gasteiger partial charge in [0.15, 0.2) is 5.13 Å². The number of thiazole rings is 1. The molecular formula is C25H29N3O3S. The number of anilines is 1. The Morgan fingerprint density at radius 2 is 1.88 bits per heavy atom. The molecule has 1 aliphatic rings. The molecule has 0 spiro atoms. The molecule has 168 valence electrons. The van der Waals surface area contributed by atoms with Gasteiger partial charge in [-0.2, -0.15) is 0 Å². The number of morpholine rings is 1. The molecule has 1 fully saturated rings. The van der Waals surface area contributed by atoms with Gasteiger partial charge in [-0.15, -0.1) is 0 Å². The summed E-state index contributed by atoms with van der Waals surface area (Å²) in [6.07, 6.45) is 1.04. The molecule has 1 amide bonds. The van der Waals surface area contributed by atoms with Gasteiger partial charge >= 0.3 is 0 Å². The van der Waals surface area contributed by atoms with E-state index in [1.165, 1.54) is 0 Å². The molecule has 2 heterocycles. The minimum atomic E-state index is -0.0373. The Hall–Kier alpha value is -2.74. The van der Waals surface area contributed by atoms with E-state index in [9.17, 15) is 4.79 Å². The number of nitrogens with zero attached hydrogens (tertiary/aromatic N) is 2. The Morgan fingerprint density at radius 1 is 1.12 bits per heavy atom. The van der Waals surface area contributed by atoms with Gasteiger partial charge in [0, 0.05) is 36.5 Å². The number of para-hydroxylation sites is 1. The molecule has 0 bridgehead atoms. The van der Waals surface area contributed by atoms with Gasteiger partial charge in [0.1, 0.15) is 5.75 Å². The normalized spacial score (nSPS) is 14.3. The van der Waals surface area contributed by atoms with E-state index in [-0.39, 0.29) is 5.91 Å². The third-order valence-electron chi connectivity index (χ3n) is 5.36. The third-order valence-corrected chi connectivity index (χ3v) is 6.32. The highest BCUT2D eigenvalue weighted by atomic mass is 32.1. The summed E-state index contributed by atoms with van der Waals surface area (Å²) in [5.41, 5.74) is 3.11. The summed E-state index contributed by atoms with van der Waals surface area (Å²) in [6, 6.07) is 18.1. The quantitative estimate of drug-likeness (QED) is 0.476. The van der Waals surface area contributed by atoms with E-state index in [0.717, 1.165) is 60.3 Å². The van der Waals surface area contributed by atoms with Crippen molar-refractivity contribution in [3.8, 4) is 17.0 Å². The fourth-order valence-corrected chi connectivity index (χ4v) is 4.65. The summed E-state index contributed by atoms with van der Waals surface area (Å²) >= 11 is 1.56. The number of hydrogen-bond donors (Lipinski definition) is 1. The van der Waals surface area contributed by atoms with E-state index in [0.29, 0.717) is 24.6 Å². The third kappa shape index (κ3) is 6.16. The van der Waals surface area contributed by atoms with E-state index in [1.54, 1.807) is 11.3 Å². The standard InChI is InChI=1S/C25H29N3O3S/c1-19-8-5-6-11-21(19)31-15-7-12-23(29)26-25-27-24(20-9-3-2-4-10-20)22(32-25)18-28-13-16-30-17-14-28/h2-6,8-11H,7,12-18H2,1H3,(H,26,27,29). The summed E-state index contributed by atoms with van der Waals surface area (Å²) in [5, 5.41) is 3.64. The van der Waals surface area contributed by atoms with Crippen molar-refractivity contribution in [3.05, 3.63) is 65.0 Å². The van der Waals surface area contributed by atoms with Crippen LogP contribution in [0.3, 0.4) is 0 Å². The molecule has 4 rings (SSSR count). The predicted octanol–water partition coefficient (Wildman–Crippen LogP) is 4.75. The largest absolute Gasteiger partial charge is 0.493 e. The Balaban J connectivity index is 1.36. The number of carbonyl (C=O) groups excluding carboxylic acids is 1. The number of amides is 1. The lowest BCUT2D eigenvalue weighted by Gasteiger charge is -2.26. The first-order chi connectivity index (χ1) is 15.7. The maximum Gasteiger partial charge on any atom is 0.226 e. The Labute approximate surface area is 193 Å². The molecule has 0 radical (unpaired) electrons. The van der Waals surface area contributed by atoms with Gasteiger partial charge in [-0.25, -0.2) is 4.98 Å². The number of aromatic nitrogens is 1. The summed E-state index contributed by atoms with van der Waals surface area (Å²) in [4.78, 5) is 20.8. The van der Waals surface area contributed by atoms with Crippen LogP contribution in [0.1, 0.15) is 23.3 Å². The van der Waals surface area contributed by atoms with Crippen LogP contribution < -0.4 is 10.1 Å². The highest BCUT2D eigenvalue weighted by Crippen LogP contribution is 2.32. The molecule has 2 aromatic carbocycles. The minimum Gasteiger partial charge on any atom is -0.493 e. The van der Waals surface area contributed by atoms with Crippen LogP contribution in [0.25, 0.3) is 11.3 Å². The van der Waals surface area contributed by atoms with Crippen molar-refractivity contribution in [2.45, 2.75) is 26.3 Å². The van der Waals surface area contributed by atoms with E-state index in [2.05, 4.69) is 22.3 Å². The van der Waals surface area contributed by atoms with Crippen LogP contribution in [0, 0.1) is 6.92 Å². The molecule has 1 N–H and O–H groups in total. The molecule has 6 nitrogen and oxygen atoms in total. The lowest BCUT2D eigenvalue weighted by Crippen LogP contribution is -2.35. The molecule has 7 heteroatoms. The SMILES string of the molecule is Cc1ccccc1OCCCC(=O)Nc1nc(-c2ccccc2)c(CN2CCOCC2)s1. The zero-order valence-corrected chi connectivity index (χ0v) is 19.2. The van der Waals surface area contributed by atoms with Gasteiger partial charge in [-0.05, 0) is 25.0 Å². The summed E-state index contributed by atoms with van der Waals surface area (Å²) in [6.45, 7) is 6.67. The summed E-state index contributed by atoms with van der Waals surface area (Å²) in [7, 11) is 0. The number of nitrogens with one attached hydrogen (secondary N) is 1. The number of rotatable bonds is 9. The molecular weight excluding hydrogens is 422 g/mol. The van der Waals surface area contributed by atoms with E-state index in [4.69, 9.17) is 14.5 Å². The highest BCUT2D eigenvalue weighted by Gasteiger charge is 2.19. The highest BCUT2D eigenvalue weighted by molar-refractivity contribution is 7.16. The van der Waals surface area contributed by atoms with Crippen LogP contribution in [-0.4, -0.2) is 48.7 Å². The van der Waals surface area contributed by atoms with Gasteiger partial charge in [-0.1, -0.05) is 59.9 Å². The van der Waals surface area contributed by atoms with Crippen molar-refractivity contribution in [1.82, 2.24) is 9.88 Å². The number of aryl methyl sites for hydroxylation is 1. The van der Waals surface area contributed by atoms with E-state index < -0.39 is 0 Å². The molecule has 32 heavy (non-hydrogen) atoms. The van der Waals surface area contributed by atoms with Crippen molar-refractivity contribution in [1.29, 1.82) is 0 Å². The van der Waals surface area contributed by atoms with E-state index >= 15 is 0 Å². The van der Waals surface area contributed by atoms with Crippen LogP contribution >= 0.6 is 11.3 Å². The van der Waals surface area contributed by atoms with Gasteiger partial charge in [0.05, 0.1) is 25.5 Å². The van der Waals surface area contributed by atoms with Crippen LogP contribution in [0.2, 0.25) is 0 Å². The second kappa shape index (κ2) is 11.2. The topological polar surface area (TPSA) is 63.7 Å². The monoisotopic (exact) mass is 451 g/mol. The zero-order valence-electron chi connectivity index (χ0n) is 18.4. The average Bonchev–Trinajstić information content (AvgIpc) is 3.21. The maximum atomic E-state index is 12.5. The lowest BCUT2D eigenvalue weighted by atomic mass is 10.1. The van der Waals surface area contributed by atoms with E-state index in [1.807, 2.05) is 49.4 Å². The number of ether oxygens (including phenoxy) is 2. The van der Waals surface area contributed by atoms with Crippen LogP contribution in [0.4, 0.5) is 5.13 Å². The van der Waals surface area contributed by atoms with Crippen LogP contribution in [-0.2, 0) is 16.1 Å². The van der Waals surface area contributed by atoms with Crippen LogP contribution in [0.5, 0.6) is 5.75 Å². The molecule has 0 unspecified atom stereocenters. The van der Waals surface area contributed by atoms with Gasteiger partial charge < -0.3 is 14.8 Å². The average molecular weight is 452 g/mol. The molecule has 1 aliphatic heterocycles. The zero-order chi connectivity index (χ0) is 22.2. The molecule has 0 saturated carbocycles. The molecule has 0 aliphatic carbocycles. The number of hydrogen-bond acceptors (Lipinski definition) is 6. The number of benzene rings is 2. The van der Waals surface area contributed by atoms with Gasteiger partial charge in [0.2, 0.25) is 5.91 Å². The van der Waals surface area contributed by atoms with Crippen LogP contribution in [0.15, 0.2) is 54.6 Å². The molecule has 0 atom stereocenters. The minimum absolute atomic E-state index is 0.0373. The number of carbonyl (C=O) groups is 1. The molecule has 1 saturated heterocycles. The van der Waals surface area contributed by atoms with Crippen molar-refractivity contribution in [3.63, 3.8) is 0 Å². The first kappa shape index (κ1) is 22.5. The second-order valence-electron chi connectivity index (χ2n) is 7.81.